The fourth-order valence-corrected chi connectivity index (χ4v) is 1.14. The van der Waals surface area contributed by atoms with Gasteiger partial charge in [-0.15, -0.1) is 0 Å². The van der Waals surface area contributed by atoms with Crippen molar-refractivity contribution < 1.29 is 14.3 Å². The van der Waals surface area contributed by atoms with E-state index in [-0.39, 0.29) is 18.0 Å². The Morgan fingerprint density at radius 2 is 2.00 bits per heavy atom. The largest absolute Gasteiger partial charge is 0.466 e. The van der Waals surface area contributed by atoms with Gasteiger partial charge in [-0.1, -0.05) is 0 Å². The van der Waals surface area contributed by atoms with E-state index >= 15 is 0 Å². The molecule has 0 radical (unpaired) electrons. The first kappa shape index (κ1) is 17.0. The molecule has 0 aliphatic heterocycles. The summed E-state index contributed by atoms with van der Waals surface area (Å²) < 4.78 is 4.74. The maximum atomic E-state index is 11.7. The lowest BCUT2D eigenvalue weighted by molar-refractivity contribution is -0.142. The number of rotatable bonds is 6. The summed E-state index contributed by atoms with van der Waals surface area (Å²) in [7, 11) is 0. The zero-order valence-electron chi connectivity index (χ0n) is 11.9. The molecule has 6 nitrogen and oxygen atoms in total. The van der Waals surface area contributed by atoms with Crippen molar-refractivity contribution in [3.63, 3.8) is 0 Å². The van der Waals surface area contributed by atoms with Gasteiger partial charge < -0.3 is 15.4 Å². The van der Waals surface area contributed by atoms with Crippen LogP contribution in [0.4, 0.5) is 0 Å². The average molecular weight is 267 g/mol. The molecule has 0 aromatic carbocycles. The smallest absolute Gasteiger partial charge is 0.307 e. The monoisotopic (exact) mass is 267 g/mol. The molecular weight excluding hydrogens is 246 g/mol. The van der Waals surface area contributed by atoms with Crippen LogP contribution in [0, 0.1) is 11.3 Å². The van der Waals surface area contributed by atoms with Gasteiger partial charge in [-0.3, -0.25) is 9.59 Å². The van der Waals surface area contributed by atoms with Gasteiger partial charge >= 0.3 is 5.97 Å². The Balaban J connectivity index is 4.24. The minimum absolute atomic E-state index is 0.0289. The second kappa shape index (κ2) is 8.14. The third-order valence-corrected chi connectivity index (χ3v) is 1.88. The maximum Gasteiger partial charge on any atom is 0.307 e. The SMILES string of the molecule is CCOC(=O)CCN/C=C(/C#N)C(=O)NC(C)(C)C. The van der Waals surface area contributed by atoms with E-state index in [0.29, 0.717) is 13.2 Å². The molecule has 6 heteroatoms. The first-order valence-electron chi connectivity index (χ1n) is 6.12. The van der Waals surface area contributed by atoms with Crippen LogP contribution in [0.1, 0.15) is 34.1 Å². The number of carbonyl (C=O) groups is 2. The molecule has 106 valence electrons. The number of hydrogen-bond acceptors (Lipinski definition) is 5. The molecule has 0 aromatic heterocycles. The molecule has 0 rings (SSSR count). The lowest BCUT2D eigenvalue weighted by Gasteiger charge is -2.19. The van der Waals surface area contributed by atoms with Crippen molar-refractivity contribution in [3.05, 3.63) is 11.8 Å². The van der Waals surface area contributed by atoms with Crippen LogP contribution in [-0.2, 0) is 14.3 Å². The summed E-state index contributed by atoms with van der Waals surface area (Å²) in [6.07, 6.45) is 1.49. The summed E-state index contributed by atoms with van der Waals surface area (Å²) in [6.45, 7) is 7.87. The third-order valence-electron chi connectivity index (χ3n) is 1.88. The van der Waals surface area contributed by atoms with E-state index in [1.807, 2.05) is 26.8 Å². The number of carbonyl (C=O) groups excluding carboxylic acids is 2. The average Bonchev–Trinajstić information content (AvgIpc) is 2.27. The van der Waals surface area contributed by atoms with Crippen LogP contribution < -0.4 is 10.6 Å². The first-order valence-corrected chi connectivity index (χ1v) is 6.12. The minimum Gasteiger partial charge on any atom is -0.466 e. The van der Waals surface area contributed by atoms with Gasteiger partial charge in [0.05, 0.1) is 13.0 Å². The summed E-state index contributed by atoms with van der Waals surface area (Å²) >= 11 is 0. The molecular formula is C13H21N3O3. The van der Waals surface area contributed by atoms with Crippen molar-refractivity contribution in [2.24, 2.45) is 0 Å². The quantitative estimate of drug-likeness (QED) is 0.322. The molecule has 0 aromatic rings. The van der Waals surface area contributed by atoms with Gasteiger partial charge in [-0.05, 0) is 27.7 Å². The molecule has 0 heterocycles. The Labute approximate surface area is 113 Å². The number of nitrogens with zero attached hydrogens (tertiary/aromatic N) is 1. The Hall–Kier alpha value is -2.03. The van der Waals surface area contributed by atoms with Gasteiger partial charge in [-0.2, -0.15) is 5.26 Å². The highest BCUT2D eigenvalue weighted by atomic mass is 16.5. The van der Waals surface area contributed by atoms with Gasteiger partial charge in [0, 0.05) is 18.3 Å². The van der Waals surface area contributed by atoms with E-state index in [4.69, 9.17) is 10.00 Å². The fourth-order valence-electron chi connectivity index (χ4n) is 1.14. The molecule has 0 bridgehead atoms. The van der Waals surface area contributed by atoms with Crippen LogP contribution in [0.25, 0.3) is 0 Å². The molecule has 2 N–H and O–H groups in total. The third kappa shape index (κ3) is 8.66. The number of esters is 1. The van der Waals surface area contributed by atoms with Crippen molar-refractivity contribution in [1.29, 1.82) is 5.26 Å². The van der Waals surface area contributed by atoms with E-state index in [2.05, 4.69) is 10.6 Å². The lowest BCUT2D eigenvalue weighted by atomic mass is 10.1. The van der Waals surface area contributed by atoms with Crippen molar-refractivity contribution in [2.75, 3.05) is 13.2 Å². The molecule has 0 aliphatic carbocycles. The Morgan fingerprint density at radius 3 is 2.47 bits per heavy atom. The molecule has 0 atom stereocenters. The summed E-state index contributed by atoms with van der Waals surface area (Å²) in [5.74, 6) is -0.764. The number of nitrogens with one attached hydrogen (secondary N) is 2. The molecule has 0 spiro atoms. The van der Waals surface area contributed by atoms with Gasteiger partial charge in [0.15, 0.2) is 0 Å². The topological polar surface area (TPSA) is 91.2 Å². The van der Waals surface area contributed by atoms with Gasteiger partial charge in [0.25, 0.3) is 5.91 Å². The highest BCUT2D eigenvalue weighted by molar-refractivity contribution is 5.97. The fraction of sp³-hybridized carbons (Fsp3) is 0.615. The van der Waals surface area contributed by atoms with E-state index in [1.54, 1.807) is 6.92 Å². The number of amides is 1. The Kier molecular flexibility index (Phi) is 7.27. The maximum absolute atomic E-state index is 11.7. The van der Waals surface area contributed by atoms with E-state index in [1.165, 1.54) is 6.20 Å². The van der Waals surface area contributed by atoms with Crippen LogP contribution in [0.3, 0.4) is 0 Å². The summed E-state index contributed by atoms with van der Waals surface area (Å²) in [6, 6.07) is 1.81. The van der Waals surface area contributed by atoms with Gasteiger partial charge in [-0.25, -0.2) is 0 Å². The lowest BCUT2D eigenvalue weighted by Crippen LogP contribution is -2.41. The number of nitriles is 1. The predicted molar refractivity (Wildman–Crippen MR) is 70.8 cm³/mol. The second-order valence-corrected chi connectivity index (χ2v) is 4.88. The van der Waals surface area contributed by atoms with E-state index in [0.717, 1.165) is 0 Å². The van der Waals surface area contributed by atoms with E-state index in [9.17, 15) is 9.59 Å². The van der Waals surface area contributed by atoms with Crippen LogP contribution in [0.5, 0.6) is 0 Å². The molecule has 0 saturated heterocycles. The minimum atomic E-state index is -0.446. The molecule has 19 heavy (non-hydrogen) atoms. The first-order chi connectivity index (χ1) is 8.80. The zero-order valence-corrected chi connectivity index (χ0v) is 11.9. The van der Waals surface area contributed by atoms with Crippen LogP contribution in [0.15, 0.2) is 11.8 Å². The predicted octanol–water partition coefficient (Wildman–Crippen LogP) is 0.851. The molecule has 0 unspecified atom stereocenters. The highest BCUT2D eigenvalue weighted by Gasteiger charge is 2.16. The summed E-state index contributed by atoms with van der Waals surface area (Å²) in [5, 5.41) is 14.3. The molecule has 1 amide bonds. The van der Waals surface area contributed by atoms with Gasteiger partial charge in [0.2, 0.25) is 0 Å². The van der Waals surface area contributed by atoms with Crippen molar-refractivity contribution in [2.45, 2.75) is 39.7 Å². The molecule has 0 saturated carbocycles. The number of ether oxygens (including phenoxy) is 1. The Bertz CT molecular complexity index is 389. The van der Waals surface area contributed by atoms with Crippen molar-refractivity contribution in [3.8, 4) is 6.07 Å². The number of hydrogen-bond donors (Lipinski definition) is 2. The van der Waals surface area contributed by atoms with Crippen LogP contribution in [0.2, 0.25) is 0 Å². The van der Waals surface area contributed by atoms with Crippen molar-refractivity contribution >= 4 is 11.9 Å². The summed E-state index contributed by atoms with van der Waals surface area (Å²) in [5.41, 5.74) is -0.434. The van der Waals surface area contributed by atoms with Gasteiger partial charge in [0.1, 0.15) is 11.6 Å². The Morgan fingerprint density at radius 1 is 1.37 bits per heavy atom. The second-order valence-electron chi connectivity index (χ2n) is 4.88. The standard InChI is InChI=1S/C13H21N3O3/c1-5-19-11(17)6-7-15-9-10(8-14)12(18)16-13(2,3)4/h9,15H,5-7H2,1-4H3,(H,16,18)/b10-9-. The molecule has 0 fully saturated rings. The normalized spacial score (nSPS) is 11.4. The van der Waals surface area contributed by atoms with Crippen molar-refractivity contribution in [1.82, 2.24) is 10.6 Å². The van der Waals surface area contributed by atoms with E-state index < -0.39 is 11.4 Å². The highest BCUT2D eigenvalue weighted by Crippen LogP contribution is 2.01. The van der Waals surface area contributed by atoms with Crippen LogP contribution in [-0.4, -0.2) is 30.6 Å². The molecule has 0 aliphatic rings. The van der Waals surface area contributed by atoms with Crippen LogP contribution >= 0.6 is 0 Å². The summed E-state index contributed by atoms with van der Waals surface area (Å²) in [4.78, 5) is 22.7. The zero-order chi connectivity index (χ0) is 14.9.